The highest BCUT2D eigenvalue weighted by atomic mass is 19.1. The van der Waals surface area contributed by atoms with Crippen LogP contribution in [0, 0.1) is 5.82 Å². The van der Waals surface area contributed by atoms with Gasteiger partial charge in [-0.3, -0.25) is 0 Å². The van der Waals surface area contributed by atoms with E-state index in [1.54, 1.807) is 4.68 Å². The molecule has 1 aromatic heterocycles. The molecule has 3 nitrogen and oxygen atoms in total. The largest absolute Gasteiger partial charge is 0.326 e. The molecular weight excluding hydrogens is 229 g/mol. The average Bonchev–Trinajstić information content (AvgIpc) is 2.77. The van der Waals surface area contributed by atoms with Crippen LogP contribution in [0.3, 0.4) is 0 Å². The van der Waals surface area contributed by atoms with Gasteiger partial charge in [-0.15, -0.1) is 0 Å². The predicted molar refractivity (Wildman–Crippen MR) is 70.0 cm³/mol. The molecule has 0 aliphatic rings. The maximum absolute atomic E-state index is 13.7. The number of unbranched alkanes of at least 4 members (excludes halogenated alkanes) is 1. The summed E-state index contributed by atoms with van der Waals surface area (Å²) in [5.41, 5.74) is 8.02. The van der Waals surface area contributed by atoms with Gasteiger partial charge in [0.2, 0.25) is 0 Å². The Hall–Kier alpha value is -1.68. The number of aromatic nitrogens is 2. The van der Waals surface area contributed by atoms with Gasteiger partial charge < -0.3 is 5.73 Å². The summed E-state index contributed by atoms with van der Waals surface area (Å²) in [7, 11) is 0. The first-order valence-electron chi connectivity index (χ1n) is 6.28. The van der Waals surface area contributed by atoms with Crippen molar-refractivity contribution in [2.45, 2.75) is 32.7 Å². The molecule has 0 aliphatic carbocycles. The van der Waals surface area contributed by atoms with Crippen LogP contribution in [0.25, 0.3) is 5.69 Å². The van der Waals surface area contributed by atoms with E-state index in [-0.39, 0.29) is 5.82 Å². The van der Waals surface area contributed by atoms with Crippen LogP contribution in [0.5, 0.6) is 0 Å². The van der Waals surface area contributed by atoms with Gasteiger partial charge >= 0.3 is 0 Å². The minimum absolute atomic E-state index is 0.240. The fourth-order valence-electron chi connectivity index (χ4n) is 1.93. The lowest BCUT2D eigenvalue weighted by molar-refractivity contribution is 0.602. The van der Waals surface area contributed by atoms with Crippen LogP contribution in [0.2, 0.25) is 0 Å². The van der Waals surface area contributed by atoms with Gasteiger partial charge in [-0.2, -0.15) is 5.10 Å². The van der Waals surface area contributed by atoms with E-state index in [0.29, 0.717) is 18.7 Å². The van der Waals surface area contributed by atoms with E-state index in [4.69, 9.17) is 5.73 Å². The standard InChI is InChI=1S/C14H18FN3/c1-2-3-7-13-12(15)10-18(17-13)14-8-5-4-6-11(14)9-16/h4-6,8,10H,2-3,7,9,16H2,1H3. The normalized spacial score (nSPS) is 10.8. The summed E-state index contributed by atoms with van der Waals surface area (Å²) >= 11 is 0. The topological polar surface area (TPSA) is 43.8 Å². The van der Waals surface area contributed by atoms with E-state index >= 15 is 0 Å². The average molecular weight is 247 g/mol. The molecule has 0 bridgehead atoms. The molecular formula is C14H18FN3. The van der Waals surface area contributed by atoms with Gasteiger partial charge in [0.25, 0.3) is 0 Å². The zero-order valence-electron chi connectivity index (χ0n) is 10.6. The molecule has 0 amide bonds. The minimum atomic E-state index is -0.240. The van der Waals surface area contributed by atoms with Crippen LogP contribution >= 0.6 is 0 Å². The van der Waals surface area contributed by atoms with Gasteiger partial charge in [-0.25, -0.2) is 9.07 Å². The maximum atomic E-state index is 13.7. The zero-order valence-corrected chi connectivity index (χ0v) is 10.6. The second kappa shape index (κ2) is 5.78. The predicted octanol–water partition coefficient (Wildman–Crippen LogP) is 2.81. The Labute approximate surface area is 106 Å². The Bertz CT molecular complexity index is 520. The molecule has 0 saturated carbocycles. The first-order chi connectivity index (χ1) is 8.76. The highest BCUT2D eigenvalue weighted by Crippen LogP contribution is 2.16. The quantitative estimate of drug-likeness (QED) is 0.883. The third-order valence-electron chi connectivity index (χ3n) is 2.97. The van der Waals surface area contributed by atoms with Crippen LogP contribution in [0.1, 0.15) is 31.0 Å². The number of nitrogens with two attached hydrogens (primary N) is 1. The van der Waals surface area contributed by atoms with Gasteiger partial charge in [0.15, 0.2) is 5.82 Å². The number of aryl methyl sites for hydroxylation is 1. The molecule has 2 aromatic rings. The van der Waals surface area contributed by atoms with Crippen molar-refractivity contribution in [1.82, 2.24) is 9.78 Å². The monoisotopic (exact) mass is 247 g/mol. The first kappa shape index (κ1) is 12.8. The van der Waals surface area contributed by atoms with Crippen molar-refractivity contribution in [2.24, 2.45) is 5.73 Å². The molecule has 2 rings (SSSR count). The van der Waals surface area contributed by atoms with Crippen LogP contribution in [0.4, 0.5) is 4.39 Å². The van der Waals surface area contributed by atoms with Crippen molar-refractivity contribution >= 4 is 0 Å². The third kappa shape index (κ3) is 2.59. The van der Waals surface area contributed by atoms with Gasteiger partial charge in [0.1, 0.15) is 0 Å². The van der Waals surface area contributed by atoms with Crippen molar-refractivity contribution < 1.29 is 4.39 Å². The molecule has 0 saturated heterocycles. The number of para-hydroxylation sites is 1. The minimum Gasteiger partial charge on any atom is -0.326 e. The lowest BCUT2D eigenvalue weighted by Crippen LogP contribution is -2.05. The third-order valence-corrected chi connectivity index (χ3v) is 2.97. The SMILES string of the molecule is CCCCc1nn(-c2ccccc2CN)cc1F. The Morgan fingerprint density at radius 2 is 2.11 bits per heavy atom. The molecule has 1 aromatic carbocycles. The van der Waals surface area contributed by atoms with E-state index < -0.39 is 0 Å². The lowest BCUT2D eigenvalue weighted by Gasteiger charge is -2.06. The summed E-state index contributed by atoms with van der Waals surface area (Å²) in [5.74, 6) is -0.240. The fraction of sp³-hybridized carbons (Fsp3) is 0.357. The molecule has 96 valence electrons. The molecule has 0 radical (unpaired) electrons. The Kier molecular flexibility index (Phi) is 4.10. The van der Waals surface area contributed by atoms with E-state index in [0.717, 1.165) is 24.1 Å². The number of halogens is 1. The molecule has 18 heavy (non-hydrogen) atoms. The van der Waals surface area contributed by atoms with Crippen molar-refractivity contribution in [3.63, 3.8) is 0 Å². The van der Waals surface area contributed by atoms with Gasteiger partial charge in [-0.05, 0) is 24.5 Å². The summed E-state index contributed by atoms with van der Waals surface area (Å²) in [4.78, 5) is 0. The highest BCUT2D eigenvalue weighted by Gasteiger charge is 2.10. The van der Waals surface area contributed by atoms with Gasteiger partial charge in [0.05, 0.1) is 17.6 Å². The smallest absolute Gasteiger partial charge is 0.164 e. The summed E-state index contributed by atoms with van der Waals surface area (Å²) in [6, 6.07) is 7.65. The molecule has 0 aliphatic heterocycles. The lowest BCUT2D eigenvalue weighted by atomic mass is 10.2. The Balaban J connectivity index is 2.33. The highest BCUT2D eigenvalue weighted by molar-refractivity contribution is 5.40. The number of hydrogen-bond acceptors (Lipinski definition) is 2. The fourth-order valence-corrected chi connectivity index (χ4v) is 1.93. The number of rotatable bonds is 5. The Morgan fingerprint density at radius 3 is 2.83 bits per heavy atom. The summed E-state index contributed by atoms with van der Waals surface area (Å²) < 4.78 is 15.3. The molecule has 0 atom stereocenters. The number of hydrogen-bond donors (Lipinski definition) is 1. The molecule has 0 unspecified atom stereocenters. The van der Waals surface area contributed by atoms with E-state index in [2.05, 4.69) is 12.0 Å². The van der Waals surface area contributed by atoms with Crippen molar-refractivity contribution in [3.8, 4) is 5.69 Å². The van der Waals surface area contributed by atoms with Crippen molar-refractivity contribution in [1.29, 1.82) is 0 Å². The molecule has 0 spiro atoms. The van der Waals surface area contributed by atoms with E-state index in [1.807, 2.05) is 24.3 Å². The number of benzene rings is 1. The summed E-state index contributed by atoms with van der Waals surface area (Å²) in [6.07, 6.45) is 4.10. The van der Waals surface area contributed by atoms with Crippen LogP contribution in [-0.4, -0.2) is 9.78 Å². The van der Waals surface area contributed by atoms with E-state index in [1.165, 1.54) is 6.20 Å². The van der Waals surface area contributed by atoms with Crippen molar-refractivity contribution in [3.05, 3.63) is 47.5 Å². The second-order valence-electron chi connectivity index (χ2n) is 4.30. The summed E-state index contributed by atoms with van der Waals surface area (Å²) in [6.45, 7) is 2.50. The van der Waals surface area contributed by atoms with Crippen LogP contribution < -0.4 is 5.73 Å². The van der Waals surface area contributed by atoms with Gasteiger partial charge in [-0.1, -0.05) is 31.5 Å². The van der Waals surface area contributed by atoms with Crippen LogP contribution in [-0.2, 0) is 13.0 Å². The van der Waals surface area contributed by atoms with E-state index in [9.17, 15) is 4.39 Å². The maximum Gasteiger partial charge on any atom is 0.164 e. The molecule has 2 N–H and O–H groups in total. The summed E-state index contributed by atoms with van der Waals surface area (Å²) in [5, 5.41) is 4.31. The first-order valence-corrected chi connectivity index (χ1v) is 6.28. The second-order valence-corrected chi connectivity index (χ2v) is 4.30. The van der Waals surface area contributed by atoms with Gasteiger partial charge in [0, 0.05) is 6.54 Å². The van der Waals surface area contributed by atoms with Crippen LogP contribution in [0.15, 0.2) is 30.5 Å². The zero-order chi connectivity index (χ0) is 13.0. The number of nitrogens with zero attached hydrogens (tertiary/aromatic N) is 2. The Morgan fingerprint density at radius 1 is 1.33 bits per heavy atom. The molecule has 0 fully saturated rings. The van der Waals surface area contributed by atoms with Crippen molar-refractivity contribution in [2.75, 3.05) is 0 Å². The molecule has 4 heteroatoms. The molecule has 1 heterocycles.